The Morgan fingerprint density at radius 2 is 1.68 bits per heavy atom. The van der Waals surface area contributed by atoms with Gasteiger partial charge in [-0.3, -0.25) is 4.79 Å². The van der Waals surface area contributed by atoms with Crippen LogP contribution in [0.15, 0.2) is 12.1 Å². The molecular formula is C14H18BFO3. The van der Waals surface area contributed by atoms with Crippen molar-refractivity contribution in [2.24, 2.45) is 0 Å². The molecule has 0 atom stereocenters. The Kier molecular flexibility index (Phi) is 3.31. The summed E-state index contributed by atoms with van der Waals surface area (Å²) in [5.74, 6) is -0.570. The Bertz CT molecular complexity index is 510. The first-order chi connectivity index (χ1) is 8.68. The van der Waals surface area contributed by atoms with Crippen LogP contribution in [0.4, 0.5) is 4.39 Å². The van der Waals surface area contributed by atoms with E-state index < -0.39 is 24.1 Å². The summed E-state index contributed by atoms with van der Waals surface area (Å²) in [6.45, 7) is 9.42. The third kappa shape index (κ3) is 2.32. The van der Waals surface area contributed by atoms with Crippen molar-refractivity contribution in [2.45, 2.75) is 45.8 Å². The molecule has 1 saturated heterocycles. The molecule has 0 aromatic heterocycles. The van der Waals surface area contributed by atoms with Crippen molar-refractivity contribution in [3.05, 3.63) is 29.1 Å². The zero-order chi connectivity index (χ0) is 14.4. The summed E-state index contributed by atoms with van der Waals surface area (Å²) in [4.78, 5) is 10.9. The van der Waals surface area contributed by atoms with E-state index in [0.29, 0.717) is 6.29 Å². The van der Waals surface area contributed by atoms with Crippen LogP contribution in [-0.4, -0.2) is 24.6 Å². The van der Waals surface area contributed by atoms with E-state index in [9.17, 15) is 9.18 Å². The lowest BCUT2D eigenvalue weighted by atomic mass is 9.77. The quantitative estimate of drug-likeness (QED) is 0.607. The lowest BCUT2D eigenvalue weighted by Crippen LogP contribution is -2.41. The van der Waals surface area contributed by atoms with Crippen LogP contribution < -0.4 is 5.46 Å². The molecule has 0 aliphatic carbocycles. The normalized spacial score (nSPS) is 20.6. The Hall–Kier alpha value is -1.20. The monoisotopic (exact) mass is 264 g/mol. The first kappa shape index (κ1) is 14.2. The van der Waals surface area contributed by atoms with Gasteiger partial charge in [-0.1, -0.05) is 11.6 Å². The van der Waals surface area contributed by atoms with Gasteiger partial charge in [-0.25, -0.2) is 4.39 Å². The molecule has 2 rings (SSSR count). The third-order valence-electron chi connectivity index (χ3n) is 3.91. The van der Waals surface area contributed by atoms with Crippen LogP contribution in [0.25, 0.3) is 0 Å². The van der Waals surface area contributed by atoms with E-state index in [4.69, 9.17) is 9.31 Å². The minimum Gasteiger partial charge on any atom is -0.399 e. The van der Waals surface area contributed by atoms with Gasteiger partial charge in [0.15, 0.2) is 6.29 Å². The number of rotatable bonds is 2. The van der Waals surface area contributed by atoms with Gasteiger partial charge in [-0.2, -0.15) is 0 Å². The highest BCUT2D eigenvalue weighted by Gasteiger charge is 2.52. The lowest BCUT2D eigenvalue weighted by Gasteiger charge is -2.32. The Balaban J connectivity index is 2.45. The second-order valence-corrected chi connectivity index (χ2v) is 5.96. The van der Waals surface area contributed by atoms with Crippen LogP contribution >= 0.6 is 0 Å². The average Bonchev–Trinajstić information content (AvgIpc) is 2.50. The number of benzene rings is 1. The highest BCUT2D eigenvalue weighted by Crippen LogP contribution is 2.36. The number of hydrogen-bond donors (Lipinski definition) is 0. The van der Waals surface area contributed by atoms with Gasteiger partial charge in [0.2, 0.25) is 0 Å². The maximum atomic E-state index is 14.2. The SMILES string of the molecule is Cc1cc(C=O)c(F)c(B2OC(C)(C)C(C)(C)O2)c1. The third-order valence-corrected chi connectivity index (χ3v) is 3.91. The van der Waals surface area contributed by atoms with Crippen LogP contribution in [0.1, 0.15) is 43.6 Å². The molecule has 0 unspecified atom stereocenters. The van der Waals surface area contributed by atoms with Gasteiger partial charge in [0, 0.05) is 11.0 Å². The molecule has 0 radical (unpaired) electrons. The molecule has 102 valence electrons. The number of carbonyl (C=O) groups is 1. The molecular weight excluding hydrogens is 246 g/mol. The largest absolute Gasteiger partial charge is 0.497 e. The number of halogens is 1. The molecule has 1 aliphatic heterocycles. The van der Waals surface area contributed by atoms with E-state index in [0.717, 1.165) is 5.56 Å². The van der Waals surface area contributed by atoms with Gasteiger partial charge in [0.1, 0.15) is 5.82 Å². The highest BCUT2D eigenvalue weighted by molar-refractivity contribution is 6.62. The summed E-state index contributed by atoms with van der Waals surface area (Å²) in [6.07, 6.45) is 0.511. The second-order valence-electron chi connectivity index (χ2n) is 5.96. The van der Waals surface area contributed by atoms with Crippen LogP contribution in [0.3, 0.4) is 0 Å². The van der Waals surface area contributed by atoms with Crippen LogP contribution in [0, 0.1) is 12.7 Å². The molecule has 0 bridgehead atoms. The molecule has 1 heterocycles. The first-order valence-corrected chi connectivity index (χ1v) is 6.29. The zero-order valence-corrected chi connectivity index (χ0v) is 11.9. The number of hydrogen-bond acceptors (Lipinski definition) is 3. The molecule has 0 N–H and O–H groups in total. The van der Waals surface area contributed by atoms with Crippen molar-refractivity contribution >= 4 is 18.9 Å². The predicted octanol–water partition coefficient (Wildman–Crippen LogP) is 2.25. The molecule has 0 spiro atoms. The summed E-state index contributed by atoms with van der Waals surface area (Å²) < 4.78 is 25.8. The fraction of sp³-hybridized carbons (Fsp3) is 0.500. The molecule has 1 fully saturated rings. The minimum atomic E-state index is -0.788. The van der Waals surface area contributed by atoms with Gasteiger partial charge in [0.25, 0.3) is 0 Å². The van der Waals surface area contributed by atoms with E-state index in [1.807, 2.05) is 27.7 Å². The Morgan fingerprint density at radius 1 is 1.16 bits per heavy atom. The van der Waals surface area contributed by atoms with Crippen molar-refractivity contribution in [2.75, 3.05) is 0 Å². The fourth-order valence-corrected chi connectivity index (χ4v) is 2.05. The number of carbonyl (C=O) groups excluding carboxylic acids is 1. The molecule has 19 heavy (non-hydrogen) atoms. The minimum absolute atomic E-state index is 0.0321. The number of aldehydes is 1. The topological polar surface area (TPSA) is 35.5 Å². The van der Waals surface area contributed by atoms with Crippen LogP contribution in [0.2, 0.25) is 0 Å². The Labute approximate surface area is 113 Å². The molecule has 0 saturated carbocycles. The smallest absolute Gasteiger partial charge is 0.399 e. The van der Waals surface area contributed by atoms with E-state index in [-0.39, 0.29) is 11.0 Å². The summed E-state index contributed by atoms with van der Waals surface area (Å²) in [5.41, 5.74) is 0.0448. The average molecular weight is 264 g/mol. The predicted molar refractivity (Wildman–Crippen MR) is 72.2 cm³/mol. The summed E-state index contributed by atoms with van der Waals surface area (Å²) in [5, 5.41) is 0. The van der Waals surface area contributed by atoms with E-state index >= 15 is 0 Å². The van der Waals surface area contributed by atoms with Crippen molar-refractivity contribution < 1.29 is 18.5 Å². The fourth-order valence-electron chi connectivity index (χ4n) is 2.05. The standard InChI is InChI=1S/C14H18BFO3/c1-9-6-10(8-17)12(16)11(7-9)15-18-13(2,3)14(4,5)19-15/h6-8H,1-5H3. The molecule has 5 heteroatoms. The summed E-state index contributed by atoms with van der Waals surface area (Å²) >= 11 is 0. The van der Waals surface area contributed by atoms with Gasteiger partial charge in [-0.05, 0) is 40.7 Å². The number of aryl methyl sites for hydroxylation is 1. The van der Waals surface area contributed by atoms with Crippen molar-refractivity contribution in [3.63, 3.8) is 0 Å². The zero-order valence-electron chi connectivity index (χ0n) is 11.9. The van der Waals surface area contributed by atoms with Crippen molar-refractivity contribution in [1.82, 2.24) is 0 Å². The molecule has 1 aliphatic rings. The van der Waals surface area contributed by atoms with Crippen molar-refractivity contribution in [3.8, 4) is 0 Å². The van der Waals surface area contributed by atoms with Gasteiger partial charge in [0.05, 0.1) is 11.2 Å². The molecule has 1 aromatic rings. The molecule has 3 nitrogen and oxygen atoms in total. The van der Waals surface area contributed by atoms with E-state index in [2.05, 4.69) is 0 Å². The first-order valence-electron chi connectivity index (χ1n) is 6.29. The van der Waals surface area contributed by atoms with Gasteiger partial charge in [-0.15, -0.1) is 0 Å². The van der Waals surface area contributed by atoms with Gasteiger partial charge >= 0.3 is 7.12 Å². The summed E-state index contributed by atoms with van der Waals surface area (Å²) in [6, 6.07) is 3.17. The maximum absolute atomic E-state index is 14.2. The summed E-state index contributed by atoms with van der Waals surface area (Å²) in [7, 11) is -0.788. The molecule has 0 amide bonds. The second kappa shape index (κ2) is 4.42. The highest BCUT2D eigenvalue weighted by atomic mass is 19.1. The Morgan fingerprint density at radius 3 is 2.16 bits per heavy atom. The maximum Gasteiger partial charge on any atom is 0.497 e. The van der Waals surface area contributed by atoms with Crippen molar-refractivity contribution in [1.29, 1.82) is 0 Å². The molecule has 1 aromatic carbocycles. The van der Waals surface area contributed by atoms with Crippen LogP contribution in [-0.2, 0) is 9.31 Å². The van der Waals surface area contributed by atoms with E-state index in [1.165, 1.54) is 6.07 Å². The van der Waals surface area contributed by atoms with Crippen LogP contribution in [0.5, 0.6) is 0 Å². The van der Waals surface area contributed by atoms with E-state index in [1.54, 1.807) is 13.0 Å². The lowest BCUT2D eigenvalue weighted by molar-refractivity contribution is 0.00578. The van der Waals surface area contributed by atoms with Gasteiger partial charge < -0.3 is 9.31 Å².